The monoisotopic (exact) mass is 152 g/mol. The quantitative estimate of drug-likeness (QED) is 0.526. The zero-order valence-electron chi connectivity index (χ0n) is 7.46. The van der Waals surface area contributed by atoms with Crippen molar-refractivity contribution in [2.45, 2.75) is 33.3 Å². The number of fused-ring (bicyclic) bond motifs is 1. The van der Waals surface area contributed by atoms with Crippen LogP contribution in [0.4, 0.5) is 0 Å². The van der Waals surface area contributed by atoms with E-state index in [1.54, 1.807) is 0 Å². The third-order valence-corrected chi connectivity index (χ3v) is 3.70. The van der Waals surface area contributed by atoms with Crippen LogP contribution in [0.25, 0.3) is 0 Å². The van der Waals surface area contributed by atoms with Crippen LogP contribution < -0.4 is 0 Å². The highest BCUT2D eigenvalue weighted by molar-refractivity contribution is 5.25. The molecular weight excluding hydrogens is 136 g/mol. The van der Waals surface area contributed by atoms with Gasteiger partial charge in [-0.2, -0.15) is 0 Å². The molecule has 62 valence electrons. The standard InChI is InChI=1S/C10H16O/c1-6-4-5-7-9(11)8(6)10(7,2)3/h4,7-9,11H,5H2,1-3H3/t7-,8+,9-/m1/s1. The van der Waals surface area contributed by atoms with Gasteiger partial charge < -0.3 is 5.11 Å². The largest absolute Gasteiger partial charge is 0.392 e. The van der Waals surface area contributed by atoms with E-state index in [1.165, 1.54) is 5.57 Å². The number of hydrogen-bond acceptors (Lipinski definition) is 1. The lowest BCUT2D eigenvalue weighted by atomic mass is 9.47. The van der Waals surface area contributed by atoms with E-state index in [0.29, 0.717) is 17.3 Å². The van der Waals surface area contributed by atoms with Crippen molar-refractivity contribution in [3.63, 3.8) is 0 Å². The van der Waals surface area contributed by atoms with Crippen molar-refractivity contribution in [1.82, 2.24) is 0 Å². The lowest BCUT2D eigenvalue weighted by molar-refractivity contribution is -0.144. The minimum absolute atomic E-state index is 0.0463. The zero-order valence-corrected chi connectivity index (χ0v) is 7.46. The second-order valence-corrected chi connectivity index (χ2v) is 4.58. The van der Waals surface area contributed by atoms with Crippen molar-refractivity contribution in [3.8, 4) is 0 Å². The molecule has 0 spiro atoms. The van der Waals surface area contributed by atoms with Crippen molar-refractivity contribution in [2.75, 3.05) is 0 Å². The van der Waals surface area contributed by atoms with Crippen molar-refractivity contribution < 1.29 is 5.11 Å². The van der Waals surface area contributed by atoms with E-state index in [-0.39, 0.29) is 6.10 Å². The minimum atomic E-state index is -0.0463. The Morgan fingerprint density at radius 1 is 1.55 bits per heavy atom. The summed E-state index contributed by atoms with van der Waals surface area (Å²) in [5.41, 5.74) is 1.75. The smallest absolute Gasteiger partial charge is 0.0647 e. The Balaban J connectivity index is 2.34. The van der Waals surface area contributed by atoms with E-state index in [0.717, 1.165) is 6.42 Å². The number of allylic oxidation sites excluding steroid dienone is 1. The van der Waals surface area contributed by atoms with Crippen LogP contribution in [-0.4, -0.2) is 11.2 Å². The molecule has 1 heteroatoms. The molecule has 3 aliphatic carbocycles. The first-order valence-electron chi connectivity index (χ1n) is 4.40. The molecule has 1 fully saturated rings. The summed E-state index contributed by atoms with van der Waals surface area (Å²) >= 11 is 0. The van der Waals surface area contributed by atoms with Crippen molar-refractivity contribution in [3.05, 3.63) is 11.6 Å². The van der Waals surface area contributed by atoms with Gasteiger partial charge in [-0.1, -0.05) is 25.5 Å². The Morgan fingerprint density at radius 3 is 2.45 bits per heavy atom. The molecule has 2 bridgehead atoms. The lowest BCUT2D eigenvalue weighted by Gasteiger charge is -2.59. The number of rotatable bonds is 0. The summed E-state index contributed by atoms with van der Waals surface area (Å²) < 4.78 is 0. The van der Waals surface area contributed by atoms with E-state index in [4.69, 9.17) is 0 Å². The van der Waals surface area contributed by atoms with Gasteiger partial charge in [0.2, 0.25) is 0 Å². The van der Waals surface area contributed by atoms with Gasteiger partial charge in [0.1, 0.15) is 0 Å². The van der Waals surface area contributed by atoms with Gasteiger partial charge in [-0.05, 0) is 24.7 Å². The Hall–Kier alpha value is -0.300. The van der Waals surface area contributed by atoms with E-state index in [9.17, 15) is 5.11 Å². The summed E-state index contributed by atoms with van der Waals surface area (Å²) in [5.74, 6) is 0.970. The van der Waals surface area contributed by atoms with Crippen LogP contribution in [-0.2, 0) is 0 Å². The summed E-state index contributed by atoms with van der Waals surface area (Å²) in [6.45, 7) is 6.68. The molecule has 0 aromatic carbocycles. The van der Waals surface area contributed by atoms with Crippen molar-refractivity contribution in [2.24, 2.45) is 17.3 Å². The molecule has 0 aromatic rings. The molecule has 11 heavy (non-hydrogen) atoms. The number of aliphatic hydroxyl groups excluding tert-OH is 1. The lowest BCUT2D eigenvalue weighted by Crippen LogP contribution is -2.59. The maximum absolute atomic E-state index is 9.69. The molecule has 0 heterocycles. The van der Waals surface area contributed by atoms with Gasteiger partial charge >= 0.3 is 0 Å². The molecule has 0 aliphatic heterocycles. The van der Waals surface area contributed by atoms with E-state index < -0.39 is 0 Å². The van der Waals surface area contributed by atoms with Crippen LogP contribution in [0.15, 0.2) is 11.6 Å². The average Bonchev–Trinajstić information content (AvgIpc) is 1.85. The minimum Gasteiger partial charge on any atom is -0.392 e. The highest BCUT2D eigenvalue weighted by Crippen LogP contribution is 2.58. The van der Waals surface area contributed by atoms with Gasteiger partial charge in [-0.15, -0.1) is 0 Å². The second kappa shape index (κ2) is 1.89. The average molecular weight is 152 g/mol. The Labute approximate surface area is 68.1 Å². The van der Waals surface area contributed by atoms with Crippen LogP contribution in [0.5, 0.6) is 0 Å². The van der Waals surface area contributed by atoms with Gasteiger partial charge in [-0.25, -0.2) is 0 Å². The predicted molar refractivity (Wildman–Crippen MR) is 45.1 cm³/mol. The molecule has 0 aromatic heterocycles. The Morgan fingerprint density at radius 2 is 2.18 bits per heavy atom. The van der Waals surface area contributed by atoms with Crippen molar-refractivity contribution >= 4 is 0 Å². The highest BCUT2D eigenvalue weighted by Gasteiger charge is 2.57. The summed E-state index contributed by atoms with van der Waals surface area (Å²) in [4.78, 5) is 0. The fourth-order valence-electron chi connectivity index (χ4n) is 2.96. The maximum Gasteiger partial charge on any atom is 0.0647 e. The van der Waals surface area contributed by atoms with Crippen LogP contribution in [0, 0.1) is 17.3 Å². The highest BCUT2D eigenvalue weighted by atomic mass is 16.3. The van der Waals surface area contributed by atoms with Gasteiger partial charge in [0.05, 0.1) is 6.10 Å². The second-order valence-electron chi connectivity index (χ2n) is 4.58. The molecular formula is C10H16O. The van der Waals surface area contributed by atoms with E-state index in [2.05, 4.69) is 26.8 Å². The molecule has 0 radical (unpaired) electrons. The molecule has 0 unspecified atom stereocenters. The Bertz CT molecular complexity index is 215. The normalized spacial score (nSPS) is 46.2. The molecule has 1 nitrogen and oxygen atoms in total. The fourth-order valence-corrected chi connectivity index (χ4v) is 2.96. The van der Waals surface area contributed by atoms with Gasteiger partial charge in [0.15, 0.2) is 0 Å². The third-order valence-electron chi connectivity index (χ3n) is 3.70. The topological polar surface area (TPSA) is 20.2 Å². The molecule has 3 aliphatic rings. The molecule has 1 saturated carbocycles. The molecule has 3 rings (SSSR count). The Kier molecular flexibility index (Phi) is 1.26. The van der Waals surface area contributed by atoms with Crippen LogP contribution in [0.1, 0.15) is 27.2 Å². The maximum atomic E-state index is 9.69. The van der Waals surface area contributed by atoms with Crippen LogP contribution in [0.3, 0.4) is 0 Å². The van der Waals surface area contributed by atoms with E-state index in [1.807, 2.05) is 0 Å². The zero-order chi connectivity index (χ0) is 8.22. The molecule has 0 saturated heterocycles. The summed E-state index contributed by atoms with van der Waals surface area (Å²) in [5, 5.41) is 9.69. The fraction of sp³-hybridized carbons (Fsp3) is 0.800. The van der Waals surface area contributed by atoms with Gasteiger partial charge in [0, 0.05) is 5.92 Å². The summed E-state index contributed by atoms with van der Waals surface area (Å²) in [6.07, 6.45) is 3.32. The SMILES string of the molecule is CC1=CC[C@@H]2[C@@H](O)[C@H]1C2(C)C. The van der Waals surface area contributed by atoms with Gasteiger partial charge in [0.25, 0.3) is 0 Å². The van der Waals surface area contributed by atoms with Gasteiger partial charge in [-0.3, -0.25) is 0 Å². The number of hydrogen-bond donors (Lipinski definition) is 1. The first-order valence-corrected chi connectivity index (χ1v) is 4.40. The summed E-state index contributed by atoms with van der Waals surface area (Å²) in [6, 6.07) is 0. The first-order chi connectivity index (χ1) is 5.05. The van der Waals surface area contributed by atoms with Crippen LogP contribution in [0.2, 0.25) is 0 Å². The van der Waals surface area contributed by atoms with Crippen molar-refractivity contribution in [1.29, 1.82) is 0 Å². The van der Waals surface area contributed by atoms with E-state index >= 15 is 0 Å². The molecule has 3 atom stereocenters. The third kappa shape index (κ3) is 0.698. The predicted octanol–water partition coefficient (Wildman–Crippen LogP) is 1.97. The summed E-state index contributed by atoms with van der Waals surface area (Å²) in [7, 11) is 0. The number of aliphatic hydroxyl groups is 1. The van der Waals surface area contributed by atoms with Crippen LogP contribution >= 0.6 is 0 Å². The molecule has 1 N–H and O–H groups in total. The first kappa shape index (κ1) is 7.35. The molecule has 0 amide bonds.